The molecule has 6 heteroatoms. The predicted octanol–water partition coefficient (Wildman–Crippen LogP) is 5.13. The van der Waals surface area contributed by atoms with Gasteiger partial charge < -0.3 is 19.0 Å². The van der Waals surface area contributed by atoms with Gasteiger partial charge in [0.25, 0.3) is 0 Å². The van der Waals surface area contributed by atoms with Crippen LogP contribution in [0.3, 0.4) is 0 Å². The molecular formula is C23H24O6. The van der Waals surface area contributed by atoms with Crippen molar-refractivity contribution in [2.75, 3.05) is 6.61 Å². The molecular weight excluding hydrogens is 372 g/mol. The third-order valence-electron chi connectivity index (χ3n) is 4.47. The number of carboxylic acids is 1. The van der Waals surface area contributed by atoms with Gasteiger partial charge in [0, 0.05) is 12.5 Å². The molecule has 0 aliphatic rings. The molecule has 1 heterocycles. The highest BCUT2D eigenvalue weighted by Crippen LogP contribution is 2.27. The number of ether oxygens (including phenoxy) is 2. The van der Waals surface area contributed by atoms with Crippen molar-refractivity contribution in [2.24, 2.45) is 0 Å². The molecule has 0 unspecified atom stereocenters. The minimum atomic E-state index is -0.862. The lowest BCUT2D eigenvalue weighted by molar-refractivity contribution is -0.137. The highest BCUT2D eigenvalue weighted by molar-refractivity contribution is 5.79. The van der Waals surface area contributed by atoms with E-state index in [0.29, 0.717) is 28.9 Å². The van der Waals surface area contributed by atoms with E-state index in [0.717, 1.165) is 0 Å². The molecule has 0 bridgehead atoms. The molecule has 0 spiro atoms. The van der Waals surface area contributed by atoms with Gasteiger partial charge in [-0.25, -0.2) is 0 Å². The largest absolute Gasteiger partial charge is 0.493 e. The SMILES string of the molecule is CC(C)(C)c1ccc(Oc2coc3cc(OCCCC(=O)O)ccc3c2=O)cc1. The van der Waals surface area contributed by atoms with E-state index < -0.39 is 5.97 Å². The smallest absolute Gasteiger partial charge is 0.303 e. The molecule has 1 N–H and O–H groups in total. The Morgan fingerprint density at radius 2 is 1.76 bits per heavy atom. The Morgan fingerprint density at radius 1 is 1.07 bits per heavy atom. The number of fused-ring (bicyclic) bond motifs is 1. The van der Waals surface area contributed by atoms with Crippen LogP contribution in [0.5, 0.6) is 17.2 Å². The molecule has 1 aromatic heterocycles. The van der Waals surface area contributed by atoms with Crippen LogP contribution in [-0.4, -0.2) is 17.7 Å². The van der Waals surface area contributed by atoms with Gasteiger partial charge in [0.15, 0.2) is 0 Å². The highest BCUT2D eigenvalue weighted by atomic mass is 16.5. The summed E-state index contributed by atoms with van der Waals surface area (Å²) >= 11 is 0. The van der Waals surface area contributed by atoms with Gasteiger partial charge in [-0.15, -0.1) is 0 Å². The van der Waals surface area contributed by atoms with Crippen LogP contribution in [0.25, 0.3) is 11.0 Å². The highest BCUT2D eigenvalue weighted by Gasteiger charge is 2.14. The van der Waals surface area contributed by atoms with E-state index in [1.54, 1.807) is 18.2 Å². The maximum absolute atomic E-state index is 12.7. The quantitative estimate of drug-likeness (QED) is 0.558. The predicted molar refractivity (Wildman–Crippen MR) is 110 cm³/mol. The maximum atomic E-state index is 12.7. The zero-order chi connectivity index (χ0) is 21.0. The van der Waals surface area contributed by atoms with Gasteiger partial charge in [0.05, 0.1) is 12.0 Å². The molecule has 0 saturated heterocycles. The van der Waals surface area contributed by atoms with Crippen molar-refractivity contribution in [1.29, 1.82) is 0 Å². The molecule has 0 aliphatic heterocycles. The van der Waals surface area contributed by atoms with Crippen LogP contribution in [0.15, 0.2) is 57.9 Å². The molecule has 0 aliphatic carbocycles. The minimum absolute atomic E-state index is 0.0356. The van der Waals surface area contributed by atoms with Crippen LogP contribution < -0.4 is 14.9 Å². The second-order valence-corrected chi connectivity index (χ2v) is 7.81. The van der Waals surface area contributed by atoms with E-state index in [4.69, 9.17) is 19.0 Å². The van der Waals surface area contributed by atoms with E-state index in [1.165, 1.54) is 11.8 Å². The minimum Gasteiger partial charge on any atom is -0.493 e. The van der Waals surface area contributed by atoms with Crippen molar-refractivity contribution in [2.45, 2.75) is 39.0 Å². The summed E-state index contributed by atoms with van der Waals surface area (Å²) in [4.78, 5) is 23.2. The Balaban J connectivity index is 1.75. The second kappa shape index (κ2) is 8.39. The van der Waals surface area contributed by atoms with Crippen molar-refractivity contribution in [1.82, 2.24) is 0 Å². The molecule has 0 fully saturated rings. The van der Waals surface area contributed by atoms with E-state index in [1.807, 2.05) is 24.3 Å². The van der Waals surface area contributed by atoms with Crippen molar-refractivity contribution in [3.63, 3.8) is 0 Å². The summed E-state index contributed by atoms with van der Waals surface area (Å²) in [6, 6.07) is 12.5. The molecule has 3 rings (SSSR count). The Morgan fingerprint density at radius 3 is 2.41 bits per heavy atom. The van der Waals surface area contributed by atoms with Gasteiger partial charge >= 0.3 is 5.97 Å². The fraction of sp³-hybridized carbons (Fsp3) is 0.304. The third-order valence-corrected chi connectivity index (χ3v) is 4.47. The molecule has 152 valence electrons. The zero-order valence-electron chi connectivity index (χ0n) is 16.7. The van der Waals surface area contributed by atoms with Crippen LogP contribution in [0.1, 0.15) is 39.2 Å². The van der Waals surface area contributed by atoms with E-state index in [9.17, 15) is 9.59 Å². The van der Waals surface area contributed by atoms with E-state index in [2.05, 4.69) is 20.8 Å². The van der Waals surface area contributed by atoms with Gasteiger partial charge in [-0.05, 0) is 41.7 Å². The Bertz CT molecular complexity index is 1060. The summed E-state index contributed by atoms with van der Waals surface area (Å²) < 4.78 is 16.8. The van der Waals surface area contributed by atoms with Crippen LogP contribution in [-0.2, 0) is 10.2 Å². The van der Waals surface area contributed by atoms with Crippen LogP contribution >= 0.6 is 0 Å². The number of hydrogen-bond donors (Lipinski definition) is 1. The van der Waals surface area contributed by atoms with Gasteiger partial charge in [-0.3, -0.25) is 9.59 Å². The summed E-state index contributed by atoms with van der Waals surface area (Å²) in [5, 5.41) is 9.03. The summed E-state index contributed by atoms with van der Waals surface area (Å²) in [7, 11) is 0. The monoisotopic (exact) mass is 396 g/mol. The summed E-state index contributed by atoms with van der Waals surface area (Å²) in [5.41, 5.74) is 1.31. The van der Waals surface area contributed by atoms with Crippen LogP contribution in [0.4, 0.5) is 0 Å². The molecule has 0 amide bonds. The first-order valence-corrected chi connectivity index (χ1v) is 9.42. The number of benzene rings is 2. The van der Waals surface area contributed by atoms with Crippen LogP contribution in [0, 0.1) is 0 Å². The standard InChI is InChI=1S/C23H24O6/c1-23(2,3)15-6-8-16(9-7-15)29-20-14-28-19-13-17(10-11-18(19)22(20)26)27-12-4-5-21(24)25/h6-11,13-14H,4-5,12H2,1-3H3,(H,24,25). The third kappa shape index (κ3) is 5.16. The molecule has 0 radical (unpaired) electrons. The lowest BCUT2D eigenvalue weighted by Crippen LogP contribution is -2.10. The van der Waals surface area contributed by atoms with Gasteiger partial charge in [0.2, 0.25) is 11.2 Å². The lowest BCUT2D eigenvalue weighted by Gasteiger charge is -2.19. The summed E-state index contributed by atoms with van der Waals surface area (Å²) in [6.07, 6.45) is 1.73. The van der Waals surface area contributed by atoms with Crippen molar-refractivity contribution in [3.8, 4) is 17.2 Å². The first kappa shape index (κ1) is 20.5. The van der Waals surface area contributed by atoms with E-state index in [-0.39, 0.29) is 29.6 Å². The lowest BCUT2D eigenvalue weighted by atomic mass is 9.87. The summed E-state index contributed by atoms with van der Waals surface area (Å²) in [5.74, 6) is 0.315. The first-order chi connectivity index (χ1) is 13.7. The van der Waals surface area contributed by atoms with Crippen molar-refractivity contribution in [3.05, 3.63) is 64.5 Å². The average Bonchev–Trinajstić information content (AvgIpc) is 2.67. The number of rotatable bonds is 7. The fourth-order valence-corrected chi connectivity index (χ4v) is 2.81. The second-order valence-electron chi connectivity index (χ2n) is 7.81. The first-order valence-electron chi connectivity index (χ1n) is 9.42. The Hall–Kier alpha value is -3.28. The Kier molecular flexibility index (Phi) is 5.92. The summed E-state index contributed by atoms with van der Waals surface area (Å²) in [6.45, 7) is 6.66. The molecule has 3 aromatic rings. The molecule has 29 heavy (non-hydrogen) atoms. The number of hydrogen-bond acceptors (Lipinski definition) is 5. The molecule has 0 saturated carbocycles. The Labute approximate surface area is 168 Å². The average molecular weight is 396 g/mol. The van der Waals surface area contributed by atoms with Gasteiger partial charge in [0.1, 0.15) is 23.3 Å². The van der Waals surface area contributed by atoms with Crippen LogP contribution in [0.2, 0.25) is 0 Å². The molecule has 0 atom stereocenters. The number of carboxylic acid groups (broad SMARTS) is 1. The number of carbonyl (C=O) groups is 1. The topological polar surface area (TPSA) is 86.0 Å². The maximum Gasteiger partial charge on any atom is 0.303 e. The molecule has 2 aromatic carbocycles. The zero-order valence-corrected chi connectivity index (χ0v) is 16.7. The molecule has 6 nitrogen and oxygen atoms in total. The van der Waals surface area contributed by atoms with Crippen molar-refractivity contribution >= 4 is 16.9 Å². The van der Waals surface area contributed by atoms with Crippen molar-refractivity contribution < 1.29 is 23.8 Å². The number of aliphatic carboxylic acids is 1. The normalized spacial score (nSPS) is 11.4. The fourth-order valence-electron chi connectivity index (χ4n) is 2.81. The van der Waals surface area contributed by atoms with Gasteiger partial charge in [-0.1, -0.05) is 32.9 Å². The van der Waals surface area contributed by atoms with E-state index >= 15 is 0 Å². The van der Waals surface area contributed by atoms with Gasteiger partial charge in [-0.2, -0.15) is 0 Å².